The Kier molecular flexibility index (Phi) is 7.02. The van der Waals surface area contributed by atoms with Crippen molar-refractivity contribution in [2.75, 3.05) is 0 Å². The van der Waals surface area contributed by atoms with Crippen molar-refractivity contribution < 1.29 is 0 Å². The lowest BCUT2D eigenvalue weighted by molar-refractivity contribution is 0.983. The summed E-state index contributed by atoms with van der Waals surface area (Å²) >= 11 is 0. The summed E-state index contributed by atoms with van der Waals surface area (Å²) in [5, 5.41) is 3.53. The van der Waals surface area contributed by atoms with Crippen LogP contribution < -0.4 is 10.4 Å². The normalized spacial score (nSPS) is 16.1. The molecule has 0 radical (unpaired) electrons. The van der Waals surface area contributed by atoms with Crippen LogP contribution in [0.5, 0.6) is 0 Å². The van der Waals surface area contributed by atoms with Crippen molar-refractivity contribution in [2.45, 2.75) is 20.3 Å². The van der Waals surface area contributed by atoms with Crippen molar-refractivity contribution in [3.05, 3.63) is 167 Å². The number of aromatic nitrogens is 3. The third-order valence-corrected chi connectivity index (χ3v) is 9.88. The van der Waals surface area contributed by atoms with Gasteiger partial charge in [-0.25, -0.2) is 9.97 Å². The summed E-state index contributed by atoms with van der Waals surface area (Å²) in [5.41, 5.74) is 14.4. The number of rotatable bonds is 5. The third kappa shape index (κ3) is 4.87. The van der Waals surface area contributed by atoms with Crippen LogP contribution in [0.1, 0.15) is 25.8 Å². The molecular formula is C45H34N4. The summed E-state index contributed by atoms with van der Waals surface area (Å²) < 4.78 is 2.15. The molecule has 0 spiro atoms. The maximum absolute atomic E-state index is 5.21. The molecule has 0 N–H and O–H groups in total. The summed E-state index contributed by atoms with van der Waals surface area (Å²) in [6, 6.07) is 40.9. The minimum atomic E-state index is 0.210. The largest absolute Gasteiger partial charge is 0.298 e. The van der Waals surface area contributed by atoms with Crippen molar-refractivity contribution in [3.8, 4) is 22.4 Å². The Hall–Kier alpha value is -6.13. The van der Waals surface area contributed by atoms with Crippen LogP contribution in [-0.2, 0) is 0 Å². The zero-order valence-electron chi connectivity index (χ0n) is 27.5. The van der Waals surface area contributed by atoms with E-state index in [9.17, 15) is 0 Å². The van der Waals surface area contributed by atoms with Crippen LogP contribution in [0, 0.1) is 5.92 Å². The highest BCUT2D eigenvalue weighted by atomic mass is 15.0. The molecular weight excluding hydrogens is 597 g/mol. The van der Waals surface area contributed by atoms with Gasteiger partial charge in [-0.05, 0) is 70.7 Å². The summed E-state index contributed by atoms with van der Waals surface area (Å²) in [6.07, 6.45) is 13.7. The first-order valence-corrected chi connectivity index (χ1v) is 17.0. The zero-order valence-corrected chi connectivity index (χ0v) is 27.5. The molecule has 2 aliphatic rings. The molecule has 4 heteroatoms. The number of para-hydroxylation sites is 1. The fraction of sp³-hybridized carbons (Fsp3) is 0.0889. The maximum atomic E-state index is 5.21. The molecule has 234 valence electrons. The Morgan fingerprint density at radius 2 is 1.43 bits per heavy atom. The number of fused-ring (bicyclic) bond motifs is 7. The predicted octanol–water partition coefficient (Wildman–Crippen LogP) is 9.34. The number of hydrogen-bond acceptors (Lipinski definition) is 3. The van der Waals surface area contributed by atoms with Gasteiger partial charge in [0.05, 0.1) is 22.4 Å². The van der Waals surface area contributed by atoms with Gasteiger partial charge in [0.25, 0.3) is 0 Å². The molecule has 1 aliphatic heterocycles. The topological polar surface area (TPSA) is 42.5 Å². The highest BCUT2D eigenvalue weighted by Gasteiger charge is 2.29. The Bertz CT molecular complexity index is 2680. The van der Waals surface area contributed by atoms with Crippen LogP contribution in [0.4, 0.5) is 0 Å². The van der Waals surface area contributed by atoms with Crippen molar-refractivity contribution >= 4 is 50.6 Å². The molecule has 9 rings (SSSR count). The summed E-state index contributed by atoms with van der Waals surface area (Å²) in [6.45, 7) is 4.33. The number of nitrogens with zero attached hydrogens (tertiary/aromatic N) is 4. The third-order valence-electron chi connectivity index (χ3n) is 9.88. The number of benzene rings is 4. The van der Waals surface area contributed by atoms with E-state index in [0.29, 0.717) is 0 Å². The monoisotopic (exact) mass is 630 g/mol. The van der Waals surface area contributed by atoms with E-state index >= 15 is 0 Å². The minimum absolute atomic E-state index is 0.210. The van der Waals surface area contributed by atoms with E-state index in [0.717, 1.165) is 56.7 Å². The number of imidazole rings is 1. The fourth-order valence-electron chi connectivity index (χ4n) is 7.42. The average Bonchev–Trinajstić information content (AvgIpc) is 3.65. The smallest absolute Gasteiger partial charge is 0.137 e. The highest BCUT2D eigenvalue weighted by molar-refractivity contribution is 6.11. The molecule has 4 heterocycles. The van der Waals surface area contributed by atoms with E-state index < -0.39 is 0 Å². The fourth-order valence-corrected chi connectivity index (χ4v) is 7.42. The van der Waals surface area contributed by atoms with E-state index in [1.54, 1.807) is 0 Å². The van der Waals surface area contributed by atoms with E-state index in [2.05, 4.69) is 139 Å². The van der Waals surface area contributed by atoms with Gasteiger partial charge in [-0.15, -0.1) is 0 Å². The molecule has 1 aliphatic carbocycles. The number of pyridine rings is 2. The molecule has 0 bridgehead atoms. The van der Waals surface area contributed by atoms with Gasteiger partial charge < -0.3 is 0 Å². The number of aliphatic imine (C=N–C) groups is 1. The van der Waals surface area contributed by atoms with Gasteiger partial charge in [-0.3, -0.25) is 9.39 Å². The summed E-state index contributed by atoms with van der Waals surface area (Å²) in [5.74, 6) is 0.210. The van der Waals surface area contributed by atoms with Crippen molar-refractivity contribution in [3.63, 3.8) is 0 Å². The van der Waals surface area contributed by atoms with Gasteiger partial charge in [0, 0.05) is 34.0 Å². The lowest BCUT2D eigenvalue weighted by atomic mass is 9.87. The van der Waals surface area contributed by atoms with Crippen molar-refractivity contribution in [2.24, 2.45) is 10.9 Å². The standard InChI is InChI=1S/C45H34N4/c1-3-4-5-15-38-29(2)41-35(27-26-32-12-6-7-13-36(32)43(41)46-38)33-22-18-30(19-23-33)31-20-24-34(25-21-31)42-45-44(37-14-8-9-16-39(37)47-42)48-40-17-10-11-28-49(40)45/h3-26,28-29H,27H2,1-2H3/b4-3-,15-5-. The van der Waals surface area contributed by atoms with Gasteiger partial charge in [0.1, 0.15) is 11.2 Å². The molecule has 0 saturated heterocycles. The molecule has 3 aromatic heterocycles. The van der Waals surface area contributed by atoms with Crippen molar-refractivity contribution in [1.29, 1.82) is 0 Å². The summed E-state index contributed by atoms with van der Waals surface area (Å²) in [7, 11) is 0. The lowest BCUT2D eigenvalue weighted by Gasteiger charge is -2.15. The number of allylic oxidation sites excluding steroid dienone is 5. The second-order valence-corrected chi connectivity index (χ2v) is 12.7. The molecule has 4 aromatic carbocycles. The van der Waals surface area contributed by atoms with Crippen molar-refractivity contribution in [1.82, 2.24) is 14.4 Å². The number of hydrogen-bond donors (Lipinski definition) is 0. The van der Waals surface area contributed by atoms with E-state index in [1.807, 2.05) is 31.2 Å². The Morgan fingerprint density at radius 1 is 0.714 bits per heavy atom. The molecule has 1 atom stereocenters. The Morgan fingerprint density at radius 3 is 2.24 bits per heavy atom. The average molecular weight is 631 g/mol. The molecule has 49 heavy (non-hydrogen) atoms. The van der Waals surface area contributed by atoms with Gasteiger partial charge in [0.15, 0.2) is 0 Å². The van der Waals surface area contributed by atoms with Gasteiger partial charge in [-0.2, -0.15) is 0 Å². The van der Waals surface area contributed by atoms with E-state index in [-0.39, 0.29) is 5.92 Å². The molecule has 0 amide bonds. The molecule has 0 fully saturated rings. The second kappa shape index (κ2) is 11.8. The second-order valence-electron chi connectivity index (χ2n) is 12.7. The molecule has 0 saturated carbocycles. The van der Waals surface area contributed by atoms with Crippen LogP contribution in [0.25, 0.3) is 67.3 Å². The van der Waals surface area contributed by atoms with Gasteiger partial charge >= 0.3 is 0 Å². The van der Waals surface area contributed by atoms with Crippen LogP contribution >= 0.6 is 0 Å². The predicted molar refractivity (Wildman–Crippen MR) is 205 cm³/mol. The first kappa shape index (κ1) is 29.0. The van der Waals surface area contributed by atoms with Crippen LogP contribution in [-0.4, -0.2) is 20.1 Å². The first-order chi connectivity index (χ1) is 24.2. The quantitative estimate of drug-likeness (QED) is 0.178. The molecule has 7 aromatic rings. The summed E-state index contributed by atoms with van der Waals surface area (Å²) in [4.78, 5) is 15.4. The highest BCUT2D eigenvalue weighted by Crippen LogP contribution is 2.40. The first-order valence-electron chi connectivity index (χ1n) is 17.0. The van der Waals surface area contributed by atoms with Crippen LogP contribution in [0.15, 0.2) is 156 Å². The molecule has 1 unspecified atom stereocenters. The van der Waals surface area contributed by atoms with Gasteiger partial charge in [0.2, 0.25) is 0 Å². The molecule has 4 nitrogen and oxygen atoms in total. The Balaban J connectivity index is 1.09. The van der Waals surface area contributed by atoms with Gasteiger partial charge in [-0.1, -0.05) is 128 Å². The lowest BCUT2D eigenvalue weighted by Crippen LogP contribution is -2.25. The van der Waals surface area contributed by atoms with E-state index in [4.69, 9.17) is 15.0 Å². The SMILES string of the molecule is C/C=C\C=C/C1=NC2=c3ccccc3=CCC(c3ccc(-c4ccc(-c5nc6ccccc6c6nc7ccccn7c56)cc4)cc3)=C2C1C. The van der Waals surface area contributed by atoms with E-state index in [1.165, 1.54) is 38.3 Å². The minimum Gasteiger partial charge on any atom is -0.298 e. The van der Waals surface area contributed by atoms with Crippen LogP contribution in [0.2, 0.25) is 0 Å². The van der Waals surface area contributed by atoms with Crippen LogP contribution in [0.3, 0.4) is 0 Å². The maximum Gasteiger partial charge on any atom is 0.137 e. The zero-order chi connectivity index (χ0) is 32.9. The Labute approximate surface area is 285 Å².